The first kappa shape index (κ1) is 58.5. The highest BCUT2D eigenvalue weighted by atomic mass is 31.2. The van der Waals surface area contributed by atoms with Gasteiger partial charge in [-0.05, 0) is 57.8 Å². The van der Waals surface area contributed by atoms with Crippen molar-refractivity contribution in [3.05, 3.63) is 48.6 Å². The summed E-state index contributed by atoms with van der Waals surface area (Å²) >= 11 is 0. The molecule has 0 aliphatic carbocycles. The van der Waals surface area contributed by atoms with Crippen LogP contribution in [0.1, 0.15) is 219 Å². The van der Waals surface area contributed by atoms with Crippen LogP contribution in [-0.2, 0) is 18.4 Å². The zero-order valence-electron chi connectivity index (χ0n) is 39.9. The van der Waals surface area contributed by atoms with Gasteiger partial charge in [0.05, 0.1) is 39.9 Å². The van der Waals surface area contributed by atoms with E-state index >= 15 is 0 Å². The Morgan fingerprint density at radius 1 is 0.583 bits per heavy atom. The normalized spacial score (nSPS) is 14.6. The maximum absolute atomic E-state index is 12.9. The number of phosphoric acid groups is 1. The summed E-state index contributed by atoms with van der Waals surface area (Å²) in [6, 6.07) is -0.886. The lowest BCUT2D eigenvalue weighted by Crippen LogP contribution is -2.45. The van der Waals surface area contributed by atoms with Crippen molar-refractivity contribution in [3.8, 4) is 0 Å². The maximum atomic E-state index is 12.9. The Hall–Kier alpha value is -1.54. The molecule has 0 radical (unpaired) electrons. The molecule has 352 valence electrons. The molecule has 0 aromatic heterocycles. The highest BCUT2D eigenvalue weighted by molar-refractivity contribution is 7.45. The van der Waals surface area contributed by atoms with Gasteiger partial charge in [-0.25, -0.2) is 0 Å². The minimum Gasteiger partial charge on any atom is -0.756 e. The Morgan fingerprint density at radius 2 is 0.967 bits per heavy atom. The number of aliphatic hydroxyl groups excluding tert-OH is 1. The van der Waals surface area contributed by atoms with Crippen LogP contribution in [0.5, 0.6) is 0 Å². The number of allylic oxidation sites excluding steroid dienone is 7. The van der Waals surface area contributed by atoms with Gasteiger partial charge in [-0.2, -0.15) is 0 Å². The summed E-state index contributed by atoms with van der Waals surface area (Å²) in [6.07, 6.45) is 54.6. The molecule has 0 aromatic rings. The quantitative estimate of drug-likeness (QED) is 0.0273. The first-order valence-corrected chi connectivity index (χ1v) is 26.5. The summed E-state index contributed by atoms with van der Waals surface area (Å²) in [5, 5.41) is 13.8. The monoisotopic (exact) mass is 865 g/mol. The van der Waals surface area contributed by atoms with Gasteiger partial charge in [-0.1, -0.05) is 204 Å². The summed E-state index contributed by atoms with van der Waals surface area (Å²) in [5.74, 6) is -0.202. The van der Waals surface area contributed by atoms with E-state index in [1.165, 1.54) is 148 Å². The molecule has 0 fully saturated rings. The SMILES string of the molecule is CCCCCCC/C=C\C/C=C\C/C=C\CCCCCCCCCCCCCCC(=O)NC(COP(=O)([O-])OCC[N+](C)(C)C)C(O)/C=C/CCCCCCCCCCC. The molecule has 60 heavy (non-hydrogen) atoms. The van der Waals surface area contributed by atoms with E-state index in [0.29, 0.717) is 17.4 Å². The summed E-state index contributed by atoms with van der Waals surface area (Å²) in [5.41, 5.74) is 0. The molecule has 9 heteroatoms. The highest BCUT2D eigenvalue weighted by Crippen LogP contribution is 2.38. The fraction of sp³-hybridized carbons (Fsp3) is 0.824. The second kappa shape index (κ2) is 42.7. The number of nitrogens with zero attached hydrogens (tertiary/aromatic N) is 1. The van der Waals surface area contributed by atoms with Crippen molar-refractivity contribution in [1.29, 1.82) is 0 Å². The van der Waals surface area contributed by atoms with Crippen molar-refractivity contribution in [2.45, 2.75) is 231 Å². The largest absolute Gasteiger partial charge is 0.756 e. The smallest absolute Gasteiger partial charge is 0.268 e. The number of likely N-dealkylation sites (N-methyl/N-ethyl adjacent to an activating group) is 1. The van der Waals surface area contributed by atoms with Crippen LogP contribution >= 0.6 is 7.82 Å². The zero-order valence-corrected chi connectivity index (χ0v) is 40.8. The number of unbranched alkanes of at least 4 members (excludes halogenated alkanes) is 26. The molecule has 1 amide bonds. The number of hydrogen-bond donors (Lipinski definition) is 2. The van der Waals surface area contributed by atoms with Crippen LogP contribution in [-0.4, -0.2) is 68.5 Å². The van der Waals surface area contributed by atoms with Crippen LogP contribution in [0.2, 0.25) is 0 Å². The molecule has 2 N–H and O–H groups in total. The van der Waals surface area contributed by atoms with Crippen molar-refractivity contribution in [1.82, 2.24) is 5.32 Å². The Labute approximate surface area is 371 Å². The first-order valence-electron chi connectivity index (χ1n) is 25.0. The molecule has 3 unspecified atom stereocenters. The van der Waals surface area contributed by atoms with Crippen molar-refractivity contribution in [2.75, 3.05) is 40.9 Å². The van der Waals surface area contributed by atoms with E-state index in [-0.39, 0.29) is 19.1 Å². The van der Waals surface area contributed by atoms with Crippen molar-refractivity contribution in [3.63, 3.8) is 0 Å². The summed E-state index contributed by atoms with van der Waals surface area (Å²) in [4.78, 5) is 25.3. The molecule has 0 saturated heterocycles. The minimum atomic E-state index is -4.59. The Balaban J connectivity index is 4.17. The second-order valence-electron chi connectivity index (χ2n) is 18.2. The van der Waals surface area contributed by atoms with Crippen LogP contribution < -0.4 is 10.2 Å². The molecule has 0 rings (SSSR count). The number of aliphatic hydroxyl groups is 1. The van der Waals surface area contributed by atoms with Crippen LogP contribution in [0.15, 0.2) is 48.6 Å². The topological polar surface area (TPSA) is 108 Å². The number of amides is 1. The third-order valence-corrected chi connectivity index (χ3v) is 12.0. The molecule has 0 heterocycles. The standard InChI is InChI=1S/C51H97N2O6P/c1-6-8-10-12-14-16-18-19-20-21-22-23-24-25-26-27-28-29-30-31-32-33-35-37-39-41-43-45-51(55)52-49(48-59-60(56,57)58-47-46-53(3,4)5)50(54)44-42-40-38-36-34-17-15-13-11-9-7-2/h18-19,21-22,24-25,42,44,49-50,54H,6-17,20,23,26-41,43,45-48H2,1-5H3,(H-,52,55,56,57)/b19-18-,22-21-,25-24-,44-42+. The minimum absolute atomic E-state index is 0.00227. The molecule has 0 bridgehead atoms. The van der Waals surface area contributed by atoms with Crippen LogP contribution in [0.3, 0.4) is 0 Å². The summed E-state index contributed by atoms with van der Waals surface area (Å²) < 4.78 is 23.2. The van der Waals surface area contributed by atoms with Gasteiger partial charge in [0.2, 0.25) is 5.91 Å². The van der Waals surface area contributed by atoms with Crippen LogP contribution in [0.25, 0.3) is 0 Å². The van der Waals surface area contributed by atoms with Crippen LogP contribution in [0, 0.1) is 0 Å². The van der Waals surface area contributed by atoms with Gasteiger partial charge in [0.1, 0.15) is 13.2 Å². The number of quaternary nitrogens is 1. The van der Waals surface area contributed by atoms with Crippen LogP contribution in [0.4, 0.5) is 0 Å². The summed E-state index contributed by atoms with van der Waals surface area (Å²) in [6.45, 7) is 4.62. The van der Waals surface area contributed by atoms with E-state index in [2.05, 4.69) is 55.6 Å². The van der Waals surface area contributed by atoms with Crippen molar-refractivity contribution in [2.24, 2.45) is 0 Å². The Morgan fingerprint density at radius 3 is 1.40 bits per heavy atom. The van der Waals surface area contributed by atoms with Gasteiger partial charge in [0, 0.05) is 6.42 Å². The number of rotatable bonds is 45. The highest BCUT2D eigenvalue weighted by Gasteiger charge is 2.23. The van der Waals surface area contributed by atoms with Gasteiger partial charge >= 0.3 is 0 Å². The van der Waals surface area contributed by atoms with Gasteiger partial charge in [-0.3, -0.25) is 9.36 Å². The van der Waals surface area contributed by atoms with Gasteiger partial charge < -0.3 is 28.8 Å². The van der Waals surface area contributed by atoms with E-state index in [9.17, 15) is 19.4 Å². The molecule has 0 spiro atoms. The zero-order chi connectivity index (χ0) is 44.3. The fourth-order valence-corrected chi connectivity index (χ4v) is 7.76. The first-order chi connectivity index (χ1) is 29.0. The number of nitrogens with one attached hydrogen (secondary N) is 1. The average Bonchev–Trinajstić information content (AvgIpc) is 3.20. The van der Waals surface area contributed by atoms with E-state index in [1.807, 2.05) is 27.2 Å². The number of phosphoric ester groups is 1. The third-order valence-electron chi connectivity index (χ3n) is 11.0. The predicted octanol–water partition coefficient (Wildman–Crippen LogP) is 13.8. The summed E-state index contributed by atoms with van der Waals surface area (Å²) in [7, 11) is 1.26. The predicted molar refractivity (Wildman–Crippen MR) is 256 cm³/mol. The molecule has 0 aromatic carbocycles. The molecule has 0 aliphatic heterocycles. The van der Waals surface area contributed by atoms with Gasteiger partial charge in [-0.15, -0.1) is 0 Å². The van der Waals surface area contributed by atoms with E-state index in [1.54, 1.807) is 6.08 Å². The van der Waals surface area contributed by atoms with E-state index in [4.69, 9.17) is 9.05 Å². The molecule has 0 saturated carbocycles. The number of hydrogen-bond acceptors (Lipinski definition) is 6. The third kappa shape index (κ3) is 44.5. The lowest BCUT2D eigenvalue weighted by molar-refractivity contribution is -0.870. The Kier molecular flexibility index (Phi) is 41.6. The number of carbonyl (C=O) groups excluding carboxylic acids is 1. The molecule has 3 atom stereocenters. The Bertz CT molecular complexity index is 1120. The van der Waals surface area contributed by atoms with Gasteiger partial charge in [0.25, 0.3) is 7.82 Å². The van der Waals surface area contributed by atoms with Crippen molar-refractivity contribution < 1.29 is 32.9 Å². The fourth-order valence-electron chi connectivity index (χ4n) is 7.04. The van der Waals surface area contributed by atoms with Gasteiger partial charge in [0.15, 0.2) is 0 Å². The van der Waals surface area contributed by atoms with E-state index in [0.717, 1.165) is 51.4 Å². The average molecular weight is 865 g/mol. The van der Waals surface area contributed by atoms with E-state index < -0.39 is 20.0 Å². The molecule has 8 nitrogen and oxygen atoms in total. The lowest BCUT2D eigenvalue weighted by atomic mass is 10.0. The maximum Gasteiger partial charge on any atom is 0.268 e. The van der Waals surface area contributed by atoms with Crippen molar-refractivity contribution >= 4 is 13.7 Å². The molecule has 0 aliphatic rings. The molecular formula is C51H97N2O6P. The number of carbonyl (C=O) groups is 1. The lowest BCUT2D eigenvalue weighted by Gasteiger charge is -2.29. The second-order valence-corrected chi connectivity index (χ2v) is 19.6. The molecular weight excluding hydrogens is 768 g/mol.